The van der Waals surface area contributed by atoms with E-state index in [9.17, 15) is 0 Å². The van der Waals surface area contributed by atoms with Crippen molar-refractivity contribution in [2.24, 2.45) is 4.99 Å². The smallest absolute Gasteiger partial charge is 0.194 e. The lowest BCUT2D eigenvalue weighted by Crippen LogP contribution is -2.37. The molecule has 0 spiro atoms. The number of benzene rings is 1. The fourth-order valence-electron chi connectivity index (χ4n) is 2.14. The van der Waals surface area contributed by atoms with Crippen LogP contribution >= 0.6 is 11.6 Å². The monoisotopic (exact) mass is 320 g/mol. The molecule has 0 radical (unpaired) electrons. The molecule has 1 heterocycles. The highest BCUT2D eigenvalue weighted by Crippen LogP contribution is 2.12. The lowest BCUT2D eigenvalue weighted by atomic mass is 10.2. The average Bonchev–Trinajstić information content (AvgIpc) is 2.96. The molecule has 0 amide bonds. The van der Waals surface area contributed by atoms with Crippen molar-refractivity contribution >= 4 is 17.6 Å². The van der Waals surface area contributed by atoms with Crippen molar-refractivity contribution in [2.45, 2.75) is 26.4 Å². The van der Waals surface area contributed by atoms with Crippen LogP contribution in [0.25, 0.3) is 0 Å². The standard InChI is InChI=1S/C16H21ClN4O/c1-4-14-9-15(22-20-14)10-19-16(18-2)21(3)11-12-6-5-7-13(17)8-12/h5-9H,4,10-11H2,1-3H3,(H,18,19). The van der Waals surface area contributed by atoms with Crippen LogP contribution in [0, 0.1) is 0 Å². The predicted molar refractivity (Wildman–Crippen MR) is 89.0 cm³/mol. The van der Waals surface area contributed by atoms with Gasteiger partial charge in [0.15, 0.2) is 11.7 Å². The normalized spacial score (nSPS) is 11.5. The van der Waals surface area contributed by atoms with E-state index in [-0.39, 0.29) is 0 Å². The maximum absolute atomic E-state index is 6.02. The highest BCUT2D eigenvalue weighted by Gasteiger charge is 2.09. The second kappa shape index (κ2) is 7.84. The summed E-state index contributed by atoms with van der Waals surface area (Å²) in [6.45, 7) is 3.32. The number of hydrogen-bond donors (Lipinski definition) is 1. The minimum absolute atomic E-state index is 0.555. The van der Waals surface area contributed by atoms with Gasteiger partial charge in [-0.2, -0.15) is 0 Å². The lowest BCUT2D eigenvalue weighted by Gasteiger charge is -2.21. The summed E-state index contributed by atoms with van der Waals surface area (Å²) in [4.78, 5) is 6.32. The van der Waals surface area contributed by atoms with E-state index in [0.29, 0.717) is 6.54 Å². The van der Waals surface area contributed by atoms with Gasteiger partial charge in [-0.25, -0.2) is 0 Å². The first kappa shape index (κ1) is 16.4. The highest BCUT2D eigenvalue weighted by atomic mass is 35.5. The summed E-state index contributed by atoms with van der Waals surface area (Å²) < 4.78 is 5.26. The second-order valence-electron chi connectivity index (χ2n) is 5.02. The minimum Gasteiger partial charge on any atom is -0.359 e. The third-order valence-corrected chi connectivity index (χ3v) is 3.51. The first-order valence-electron chi connectivity index (χ1n) is 7.23. The molecule has 118 valence electrons. The summed E-state index contributed by atoms with van der Waals surface area (Å²) in [5, 5.41) is 7.98. The summed E-state index contributed by atoms with van der Waals surface area (Å²) in [7, 11) is 3.74. The third kappa shape index (κ3) is 4.49. The Morgan fingerprint density at radius 2 is 2.23 bits per heavy atom. The van der Waals surface area contributed by atoms with Gasteiger partial charge in [0.05, 0.1) is 12.2 Å². The molecule has 0 bridgehead atoms. The van der Waals surface area contributed by atoms with Gasteiger partial charge in [-0.3, -0.25) is 4.99 Å². The molecule has 0 unspecified atom stereocenters. The van der Waals surface area contributed by atoms with E-state index < -0.39 is 0 Å². The lowest BCUT2D eigenvalue weighted by molar-refractivity contribution is 0.371. The van der Waals surface area contributed by atoms with E-state index in [1.807, 2.05) is 49.2 Å². The van der Waals surface area contributed by atoms with Crippen LogP contribution < -0.4 is 5.32 Å². The molecule has 0 aliphatic rings. The van der Waals surface area contributed by atoms with Crippen LogP contribution in [0.1, 0.15) is 23.9 Å². The van der Waals surface area contributed by atoms with Gasteiger partial charge >= 0.3 is 0 Å². The Hall–Kier alpha value is -2.01. The molecule has 2 aromatic rings. The zero-order valence-corrected chi connectivity index (χ0v) is 13.9. The molecule has 1 aromatic carbocycles. The van der Waals surface area contributed by atoms with E-state index in [1.54, 1.807) is 7.05 Å². The number of guanidine groups is 1. The van der Waals surface area contributed by atoms with Gasteiger partial charge in [-0.05, 0) is 24.1 Å². The Morgan fingerprint density at radius 1 is 1.41 bits per heavy atom. The SMILES string of the molecule is CCc1cc(CNC(=NC)N(C)Cc2cccc(Cl)c2)on1. The Kier molecular flexibility index (Phi) is 5.83. The molecule has 2 rings (SSSR count). The molecule has 1 N–H and O–H groups in total. The Labute approximate surface area is 136 Å². The van der Waals surface area contributed by atoms with E-state index >= 15 is 0 Å². The van der Waals surface area contributed by atoms with Crippen molar-refractivity contribution in [3.8, 4) is 0 Å². The van der Waals surface area contributed by atoms with E-state index in [1.165, 1.54) is 0 Å². The summed E-state index contributed by atoms with van der Waals surface area (Å²) in [6, 6.07) is 9.77. The Morgan fingerprint density at radius 3 is 2.86 bits per heavy atom. The molecule has 0 saturated heterocycles. The molecular formula is C16H21ClN4O. The summed E-state index contributed by atoms with van der Waals surface area (Å²) in [6.07, 6.45) is 0.868. The second-order valence-corrected chi connectivity index (χ2v) is 5.46. The molecule has 0 aliphatic heterocycles. The van der Waals surface area contributed by atoms with Crippen LogP contribution in [0.4, 0.5) is 0 Å². The zero-order valence-electron chi connectivity index (χ0n) is 13.1. The number of rotatable bonds is 5. The Balaban J connectivity index is 1.93. The molecule has 0 aliphatic carbocycles. The highest BCUT2D eigenvalue weighted by molar-refractivity contribution is 6.30. The predicted octanol–water partition coefficient (Wildman–Crippen LogP) is 3.10. The maximum atomic E-state index is 6.02. The molecule has 1 aromatic heterocycles. The topological polar surface area (TPSA) is 53.7 Å². The molecule has 22 heavy (non-hydrogen) atoms. The van der Waals surface area contributed by atoms with Gasteiger partial charge in [-0.15, -0.1) is 0 Å². The van der Waals surface area contributed by atoms with Crippen molar-refractivity contribution < 1.29 is 4.52 Å². The van der Waals surface area contributed by atoms with Crippen LogP contribution in [-0.4, -0.2) is 30.1 Å². The number of nitrogens with one attached hydrogen (secondary N) is 1. The molecule has 0 atom stereocenters. The zero-order chi connectivity index (χ0) is 15.9. The fourth-order valence-corrected chi connectivity index (χ4v) is 2.35. The summed E-state index contributed by atoms with van der Waals surface area (Å²) in [5.41, 5.74) is 2.09. The van der Waals surface area contributed by atoms with E-state index in [4.69, 9.17) is 16.1 Å². The van der Waals surface area contributed by atoms with Crippen LogP contribution in [0.5, 0.6) is 0 Å². The van der Waals surface area contributed by atoms with Crippen molar-refractivity contribution in [1.29, 1.82) is 0 Å². The number of halogens is 1. The van der Waals surface area contributed by atoms with Crippen LogP contribution in [0.3, 0.4) is 0 Å². The maximum Gasteiger partial charge on any atom is 0.194 e. The number of aryl methyl sites for hydroxylation is 1. The van der Waals surface area contributed by atoms with Gasteiger partial charge in [-0.1, -0.05) is 35.8 Å². The van der Waals surface area contributed by atoms with Crippen molar-refractivity contribution in [3.05, 3.63) is 52.4 Å². The molecule has 0 saturated carbocycles. The fraction of sp³-hybridized carbons (Fsp3) is 0.375. The number of hydrogen-bond acceptors (Lipinski definition) is 3. The van der Waals surface area contributed by atoms with Crippen molar-refractivity contribution in [3.63, 3.8) is 0 Å². The minimum atomic E-state index is 0.555. The molecular weight excluding hydrogens is 300 g/mol. The van der Waals surface area contributed by atoms with Gasteiger partial charge in [0.2, 0.25) is 0 Å². The van der Waals surface area contributed by atoms with Gasteiger partial charge < -0.3 is 14.7 Å². The first-order valence-corrected chi connectivity index (χ1v) is 7.61. The van der Waals surface area contributed by atoms with Crippen LogP contribution in [0.2, 0.25) is 5.02 Å². The number of aliphatic imine (C=N–C) groups is 1. The molecule has 0 fully saturated rings. The average molecular weight is 321 g/mol. The van der Waals surface area contributed by atoms with Crippen molar-refractivity contribution in [2.75, 3.05) is 14.1 Å². The summed E-state index contributed by atoms with van der Waals surface area (Å²) in [5.74, 6) is 1.59. The largest absolute Gasteiger partial charge is 0.359 e. The summed E-state index contributed by atoms with van der Waals surface area (Å²) >= 11 is 6.02. The number of nitrogens with zero attached hydrogens (tertiary/aromatic N) is 3. The molecule has 5 nitrogen and oxygen atoms in total. The van der Waals surface area contributed by atoms with Crippen LogP contribution in [0.15, 0.2) is 39.8 Å². The van der Waals surface area contributed by atoms with Gasteiger partial charge in [0.25, 0.3) is 0 Å². The molecule has 6 heteroatoms. The van der Waals surface area contributed by atoms with E-state index in [2.05, 4.69) is 15.5 Å². The Bertz CT molecular complexity index is 639. The van der Waals surface area contributed by atoms with Crippen molar-refractivity contribution in [1.82, 2.24) is 15.4 Å². The third-order valence-electron chi connectivity index (χ3n) is 3.27. The van der Waals surface area contributed by atoms with Gasteiger partial charge in [0.1, 0.15) is 0 Å². The van der Waals surface area contributed by atoms with E-state index in [0.717, 1.165) is 41.0 Å². The quantitative estimate of drug-likeness (QED) is 0.679. The first-order chi connectivity index (χ1) is 10.6. The number of aromatic nitrogens is 1. The van der Waals surface area contributed by atoms with Crippen LogP contribution in [-0.2, 0) is 19.5 Å². The van der Waals surface area contributed by atoms with Gasteiger partial charge in [0, 0.05) is 31.7 Å².